The molecule has 0 amide bonds. The van der Waals surface area contributed by atoms with Crippen LogP contribution in [0.25, 0.3) is 0 Å². The van der Waals surface area contributed by atoms with Gasteiger partial charge in [-0.05, 0) is 63.9 Å². The number of phosphoric ester groups is 2. The fraction of sp³-hybridized carbons (Fsp3) is 0.600. The van der Waals surface area contributed by atoms with Crippen LogP contribution in [0, 0.1) is 0 Å². The number of ether oxygens (including phenoxy) is 3. The Labute approximate surface area is 428 Å². The Morgan fingerprint density at radius 2 is 1.40 bits per heavy atom. The highest BCUT2D eigenvalue weighted by Gasteiger charge is 2.46. The third-order valence-electron chi connectivity index (χ3n) is 10.8. The number of esters is 2. The average Bonchev–Trinajstić information content (AvgIpc) is 3.62. The molecule has 1 saturated heterocycles. The van der Waals surface area contributed by atoms with Crippen LogP contribution in [0.3, 0.4) is 0 Å². The molecule has 2 unspecified atom stereocenters. The van der Waals surface area contributed by atoms with Crippen molar-refractivity contribution >= 4 is 33.4 Å². The molecule has 23 heteroatoms. The first-order valence-electron chi connectivity index (χ1n) is 24.9. The molecule has 0 bridgehead atoms. The number of allylic oxidation sites excluding steroid dienone is 12. The number of phosphoric acid groups is 2. The lowest BCUT2D eigenvalue weighted by Gasteiger charge is -2.21. The number of hydrogen-bond acceptors (Lipinski definition) is 18. The number of hydrogen-bond donors (Lipinski definition) is 8. The zero-order valence-corrected chi connectivity index (χ0v) is 43.8. The van der Waals surface area contributed by atoms with Crippen LogP contribution in [0.15, 0.2) is 102 Å². The summed E-state index contributed by atoms with van der Waals surface area (Å²) in [5.74, 6) is -1.68. The average molecular weight is 1070 g/mol. The molecule has 0 saturated carbocycles. The summed E-state index contributed by atoms with van der Waals surface area (Å²) >= 11 is 0. The van der Waals surface area contributed by atoms with Crippen molar-refractivity contribution in [2.75, 3.05) is 25.6 Å². The number of carbonyl (C=O) groups is 2. The summed E-state index contributed by atoms with van der Waals surface area (Å²) in [6.45, 7) is 1.57. The number of nitrogens with zero attached hydrogens (tertiary/aromatic N) is 2. The van der Waals surface area contributed by atoms with Crippen LogP contribution in [-0.4, -0.2) is 119 Å². The maximum atomic E-state index is 12.9. The van der Waals surface area contributed by atoms with Crippen molar-refractivity contribution in [1.82, 2.24) is 9.55 Å². The molecule has 0 radical (unpaired) electrons. The quantitative estimate of drug-likeness (QED) is 0.0110. The molecule has 1 aromatic heterocycles. The van der Waals surface area contributed by atoms with Crippen molar-refractivity contribution in [2.24, 2.45) is 0 Å². The number of carbonyl (C=O) groups excluding carboxylic acids is 2. The standard InChI is InChI=1S/C50H79N3O18P2/c1-3-5-7-8-9-10-11-12-13-14-15-16-17-22-26-32-46(58)69-40(36-66-45(57)33-27-31-42(56)41(55)30-25-21-19-18-20-24-29-39(54)28-23-6-4-2)37-67-72(62,63)71-73(64,65)68-38-43-47(59)48(60)49(70-43)53-35-34-44(51)52-50(53)61/h5,7,9-10,12-13,18-21,24-25,29-30,34-35,39-43,47-49,54-56,59-60H,3-4,6,8,11,14-17,22-23,26-28,31-33,36-38H2,1-2H3,(H,62,63)(H,64,65)(H2,51,52,61)/b7-5-,10-9-,13-12-,20-18-,21-19+,29-24+,30-25+/t39-,40-,41-,42-,43-,47-,48-,49-/m1/s1. The molecule has 1 aliphatic rings. The second-order valence-electron chi connectivity index (χ2n) is 17.1. The van der Waals surface area contributed by atoms with Crippen LogP contribution in [0.5, 0.6) is 0 Å². The van der Waals surface area contributed by atoms with Gasteiger partial charge in [0.05, 0.1) is 31.5 Å². The first-order valence-corrected chi connectivity index (χ1v) is 27.9. The zero-order valence-electron chi connectivity index (χ0n) is 42.0. The molecule has 2 heterocycles. The molecule has 0 spiro atoms. The maximum Gasteiger partial charge on any atom is 0.481 e. The van der Waals surface area contributed by atoms with Gasteiger partial charge < -0.3 is 55.3 Å². The van der Waals surface area contributed by atoms with Crippen molar-refractivity contribution < 1.29 is 81.6 Å². The third-order valence-corrected chi connectivity index (χ3v) is 13.4. The van der Waals surface area contributed by atoms with Gasteiger partial charge in [-0.2, -0.15) is 9.29 Å². The highest BCUT2D eigenvalue weighted by atomic mass is 31.3. The number of unbranched alkanes of at least 4 members (excludes halogenated alkanes) is 7. The third kappa shape index (κ3) is 30.1. The number of nitrogens with two attached hydrogens (primary N) is 1. The molecule has 1 fully saturated rings. The fourth-order valence-electron chi connectivity index (χ4n) is 6.83. The topological polar surface area (TPSA) is 326 Å². The largest absolute Gasteiger partial charge is 0.481 e. The van der Waals surface area contributed by atoms with E-state index in [1.807, 2.05) is 0 Å². The van der Waals surface area contributed by atoms with E-state index in [9.17, 15) is 58.8 Å². The van der Waals surface area contributed by atoms with Gasteiger partial charge in [0, 0.05) is 19.0 Å². The van der Waals surface area contributed by atoms with E-state index in [0.717, 1.165) is 75.0 Å². The molecule has 10 atom stereocenters. The van der Waals surface area contributed by atoms with Crippen LogP contribution in [0.4, 0.5) is 5.82 Å². The van der Waals surface area contributed by atoms with Crippen molar-refractivity contribution in [3.63, 3.8) is 0 Å². The molecular formula is C50H79N3O18P2. The van der Waals surface area contributed by atoms with Crippen molar-refractivity contribution in [3.05, 3.63) is 108 Å². The molecule has 1 aliphatic heterocycles. The van der Waals surface area contributed by atoms with E-state index in [2.05, 4.69) is 59.6 Å². The second-order valence-corrected chi connectivity index (χ2v) is 20.2. The fourth-order valence-corrected chi connectivity index (χ4v) is 8.94. The smallest absolute Gasteiger partial charge is 0.462 e. The predicted octanol–water partition coefficient (Wildman–Crippen LogP) is 6.80. The van der Waals surface area contributed by atoms with Crippen molar-refractivity contribution in [2.45, 2.75) is 172 Å². The van der Waals surface area contributed by atoms with Gasteiger partial charge in [-0.25, -0.2) is 13.9 Å². The molecule has 2 rings (SSSR count). The van der Waals surface area contributed by atoms with E-state index in [-0.39, 0.29) is 31.5 Å². The molecule has 0 aromatic carbocycles. The summed E-state index contributed by atoms with van der Waals surface area (Å²) in [4.78, 5) is 61.9. The Kier molecular flexibility index (Phi) is 33.4. The Morgan fingerprint density at radius 1 is 0.767 bits per heavy atom. The summed E-state index contributed by atoms with van der Waals surface area (Å²) < 4.78 is 56.4. The lowest BCUT2D eigenvalue weighted by molar-refractivity contribution is -0.161. The number of nitrogen functional groups attached to an aromatic ring is 1. The molecule has 73 heavy (non-hydrogen) atoms. The number of rotatable bonds is 39. The van der Waals surface area contributed by atoms with Crippen LogP contribution in [0.1, 0.15) is 129 Å². The van der Waals surface area contributed by atoms with Crippen LogP contribution < -0.4 is 11.4 Å². The van der Waals surface area contributed by atoms with E-state index in [1.165, 1.54) is 12.1 Å². The van der Waals surface area contributed by atoms with Crippen LogP contribution in [0.2, 0.25) is 0 Å². The molecule has 0 aliphatic carbocycles. The minimum absolute atomic E-state index is 0.00423. The van der Waals surface area contributed by atoms with Gasteiger partial charge in [0.1, 0.15) is 30.7 Å². The Hall–Kier alpha value is -4.18. The second kappa shape index (κ2) is 37.5. The van der Waals surface area contributed by atoms with Gasteiger partial charge in [0.15, 0.2) is 12.3 Å². The Morgan fingerprint density at radius 3 is 2.10 bits per heavy atom. The molecule has 412 valence electrons. The summed E-state index contributed by atoms with van der Waals surface area (Å²) in [6, 6.07) is 1.22. The van der Waals surface area contributed by atoms with Crippen molar-refractivity contribution in [1.29, 1.82) is 0 Å². The highest BCUT2D eigenvalue weighted by molar-refractivity contribution is 7.61. The molecule has 1 aromatic rings. The van der Waals surface area contributed by atoms with Crippen molar-refractivity contribution in [3.8, 4) is 0 Å². The van der Waals surface area contributed by atoms with Gasteiger partial charge >= 0.3 is 33.3 Å². The molecule has 9 N–H and O–H groups in total. The van der Waals surface area contributed by atoms with Gasteiger partial charge in [-0.1, -0.05) is 137 Å². The zero-order chi connectivity index (χ0) is 53.9. The number of aliphatic hydroxyl groups excluding tert-OH is 5. The monoisotopic (exact) mass is 1070 g/mol. The molecular weight excluding hydrogens is 993 g/mol. The van der Waals surface area contributed by atoms with E-state index >= 15 is 0 Å². The number of aliphatic hydroxyl groups is 5. The SMILES string of the molecule is CC/C=C\C/C=C\C/C=C\CCCCCCCC(=O)O[C@H](COC(=O)CCC[C@@H](O)[C@H](O)/C=C/C=C/C=C\C=C\[C@H](O)CCCCC)COP(=O)(O)OP(=O)(O)OC[C@H]1O[C@@H](n2ccc(N)nc2=O)[C@H](O)[C@@H]1O. The predicted molar refractivity (Wildman–Crippen MR) is 274 cm³/mol. The Bertz CT molecular complexity index is 2110. The first-order chi connectivity index (χ1) is 34.9. The maximum absolute atomic E-state index is 12.9. The van der Waals surface area contributed by atoms with Gasteiger partial charge in [-0.3, -0.25) is 23.2 Å². The summed E-state index contributed by atoms with van der Waals surface area (Å²) in [6.07, 6.45) is 27.4. The van der Waals surface area contributed by atoms with Gasteiger partial charge in [0.2, 0.25) is 0 Å². The number of aromatic nitrogens is 2. The summed E-state index contributed by atoms with van der Waals surface area (Å²) in [5, 5.41) is 51.6. The van der Waals surface area contributed by atoms with Gasteiger partial charge in [-0.15, -0.1) is 0 Å². The van der Waals surface area contributed by atoms with Crippen LogP contribution in [-0.2, 0) is 46.3 Å². The lowest BCUT2D eigenvalue weighted by atomic mass is 10.1. The van der Waals surface area contributed by atoms with Gasteiger partial charge in [0.25, 0.3) is 0 Å². The Balaban J connectivity index is 1.90. The van der Waals surface area contributed by atoms with E-state index in [0.29, 0.717) is 19.3 Å². The lowest BCUT2D eigenvalue weighted by Crippen LogP contribution is -2.36. The number of anilines is 1. The summed E-state index contributed by atoms with van der Waals surface area (Å²) in [5.41, 5.74) is 4.55. The highest BCUT2D eigenvalue weighted by Crippen LogP contribution is 2.60. The van der Waals surface area contributed by atoms with Crippen LogP contribution >= 0.6 is 15.6 Å². The first kappa shape index (κ1) is 64.9. The molecule has 21 nitrogen and oxygen atoms in total. The van der Waals surface area contributed by atoms with E-state index < -0.39 is 102 Å². The minimum Gasteiger partial charge on any atom is -0.462 e. The normalized spacial score (nSPS) is 21.0. The minimum atomic E-state index is -5.51. The summed E-state index contributed by atoms with van der Waals surface area (Å²) in [7, 11) is -11.0. The van der Waals surface area contributed by atoms with E-state index in [1.54, 1.807) is 42.5 Å². The van der Waals surface area contributed by atoms with E-state index in [4.69, 9.17) is 29.0 Å².